The monoisotopic (exact) mass is 273 g/mol. The van der Waals surface area contributed by atoms with Gasteiger partial charge in [-0.25, -0.2) is 0 Å². The number of hydrogen-bond donors (Lipinski definition) is 2. The Bertz CT molecular complexity index is 588. The SMILES string of the molecule is Cc1ccc(OCCC(=O)Nc2n[nH]c(C)c2C)cc1. The van der Waals surface area contributed by atoms with Crippen molar-refractivity contribution < 1.29 is 9.53 Å². The van der Waals surface area contributed by atoms with Crippen LogP contribution in [0.5, 0.6) is 5.75 Å². The Hall–Kier alpha value is -2.30. The number of nitrogens with zero attached hydrogens (tertiary/aromatic N) is 1. The van der Waals surface area contributed by atoms with Crippen molar-refractivity contribution in [1.29, 1.82) is 0 Å². The van der Waals surface area contributed by atoms with E-state index in [1.54, 1.807) is 0 Å². The highest BCUT2D eigenvalue weighted by Gasteiger charge is 2.09. The molecule has 0 aliphatic carbocycles. The fourth-order valence-corrected chi connectivity index (χ4v) is 1.70. The summed E-state index contributed by atoms with van der Waals surface area (Å²) in [5.41, 5.74) is 3.09. The predicted octanol–water partition coefficient (Wildman–Crippen LogP) is 2.74. The Morgan fingerprint density at radius 1 is 1.25 bits per heavy atom. The molecule has 0 radical (unpaired) electrons. The first kappa shape index (κ1) is 14.1. The van der Waals surface area contributed by atoms with Gasteiger partial charge in [0.25, 0.3) is 0 Å². The molecule has 5 nitrogen and oxygen atoms in total. The Kier molecular flexibility index (Phi) is 4.40. The molecule has 0 saturated carbocycles. The third kappa shape index (κ3) is 3.60. The minimum absolute atomic E-state index is 0.105. The molecule has 0 atom stereocenters. The second kappa shape index (κ2) is 6.23. The fraction of sp³-hybridized carbons (Fsp3) is 0.333. The maximum atomic E-state index is 11.8. The zero-order valence-electron chi connectivity index (χ0n) is 12.0. The first-order valence-corrected chi connectivity index (χ1v) is 6.57. The van der Waals surface area contributed by atoms with Gasteiger partial charge in [0, 0.05) is 11.3 Å². The highest BCUT2D eigenvalue weighted by atomic mass is 16.5. The van der Waals surface area contributed by atoms with Gasteiger partial charge in [-0.3, -0.25) is 9.89 Å². The minimum atomic E-state index is -0.105. The van der Waals surface area contributed by atoms with E-state index in [0.717, 1.165) is 17.0 Å². The van der Waals surface area contributed by atoms with Gasteiger partial charge in [-0.2, -0.15) is 5.10 Å². The number of carbonyl (C=O) groups is 1. The predicted molar refractivity (Wildman–Crippen MR) is 78.0 cm³/mol. The lowest BCUT2D eigenvalue weighted by molar-refractivity contribution is -0.116. The Morgan fingerprint density at radius 3 is 2.55 bits per heavy atom. The Labute approximate surface area is 118 Å². The van der Waals surface area contributed by atoms with E-state index in [0.29, 0.717) is 18.8 Å². The van der Waals surface area contributed by atoms with Crippen molar-refractivity contribution in [1.82, 2.24) is 10.2 Å². The van der Waals surface area contributed by atoms with E-state index >= 15 is 0 Å². The number of nitrogens with one attached hydrogen (secondary N) is 2. The molecule has 5 heteroatoms. The first-order valence-electron chi connectivity index (χ1n) is 6.57. The van der Waals surface area contributed by atoms with E-state index in [1.165, 1.54) is 5.56 Å². The summed E-state index contributed by atoms with van der Waals surface area (Å²) in [6, 6.07) is 7.75. The summed E-state index contributed by atoms with van der Waals surface area (Å²) < 4.78 is 5.52. The largest absolute Gasteiger partial charge is 0.493 e. The molecule has 2 N–H and O–H groups in total. The van der Waals surface area contributed by atoms with Gasteiger partial charge in [0.2, 0.25) is 5.91 Å². The minimum Gasteiger partial charge on any atom is -0.493 e. The molecule has 1 aromatic carbocycles. The van der Waals surface area contributed by atoms with Crippen molar-refractivity contribution in [3.8, 4) is 5.75 Å². The zero-order chi connectivity index (χ0) is 14.5. The molecular weight excluding hydrogens is 254 g/mol. The number of benzene rings is 1. The third-order valence-corrected chi connectivity index (χ3v) is 3.13. The quantitative estimate of drug-likeness (QED) is 0.880. The van der Waals surface area contributed by atoms with Gasteiger partial charge >= 0.3 is 0 Å². The van der Waals surface area contributed by atoms with Crippen LogP contribution in [0.3, 0.4) is 0 Å². The molecule has 0 aliphatic heterocycles. The van der Waals surface area contributed by atoms with Crippen molar-refractivity contribution in [3.05, 3.63) is 41.1 Å². The maximum Gasteiger partial charge on any atom is 0.229 e. The van der Waals surface area contributed by atoms with Crippen LogP contribution in [-0.2, 0) is 4.79 Å². The number of hydrogen-bond acceptors (Lipinski definition) is 3. The standard InChI is InChI=1S/C15H19N3O2/c1-10-4-6-13(7-5-10)20-9-8-14(19)16-15-11(2)12(3)17-18-15/h4-7H,8-9H2,1-3H3,(H2,16,17,18,19). The summed E-state index contributed by atoms with van der Waals surface area (Å²) in [5, 5.41) is 9.63. The van der Waals surface area contributed by atoms with Crippen LogP contribution in [0.1, 0.15) is 23.2 Å². The van der Waals surface area contributed by atoms with Gasteiger partial charge in [-0.15, -0.1) is 0 Å². The number of amides is 1. The van der Waals surface area contributed by atoms with E-state index in [9.17, 15) is 4.79 Å². The molecule has 20 heavy (non-hydrogen) atoms. The van der Waals surface area contributed by atoms with E-state index in [-0.39, 0.29) is 5.91 Å². The number of aryl methyl sites for hydroxylation is 2. The molecule has 0 bridgehead atoms. The van der Waals surface area contributed by atoms with Crippen LogP contribution in [-0.4, -0.2) is 22.7 Å². The number of ether oxygens (including phenoxy) is 1. The molecule has 1 heterocycles. The lowest BCUT2D eigenvalue weighted by Gasteiger charge is -2.06. The lowest BCUT2D eigenvalue weighted by Crippen LogP contribution is -2.16. The van der Waals surface area contributed by atoms with Gasteiger partial charge in [0.1, 0.15) is 5.75 Å². The second-order valence-electron chi connectivity index (χ2n) is 4.78. The molecule has 0 aliphatic rings. The lowest BCUT2D eigenvalue weighted by atomic mass is 10.2. The number of aromatic amines is 1. The van der Waals surface area contributed by atoms with Crippen LogP contribution in [0.15, 0.2) is 24.3 Å². The van der Waals surface area contributed by atoms with Crippen LogP contribution in [0.25, 0.3) is 0 Å². The average molecular weight is 273 g/mol. The maximum absolute atomic E-state index is 11.8. The number of aromatic nitrogens is 2. The van der Waals surface area contributed by atoms with Gasteiger partial charge in [-0.05, 0) is 32.9 Å². The molecule has 0 fully saturated rings. The molecule has 0 spiro atoms. The van der Waals surface area contributed by atoms with Crippen molar-refractivity contribution in [2.45, 2.75) is 27.2 Å². The number of rotatable bonds is 5. The molecule has 0 unspecified atom stereocenters. The molecule has 0 saturated heterocycles. The van der Waals surface area contributed by atoms with Gasteiger partial charge in [-0.1, -0.05) is 17.7 Å². The first-order chi connectivity index (χ1) is 9.56. The van der Waals surface area contributed by atoms with Crippen LogP contribution in [0, 0.1) is 20.8 Å². The number of anilines is 1. The molecule has 1 aromatic heterocycles. The summed E-state index contributed by atoms with van der Waals surface area (Å²) in [6.45, 7) is 6.19. The number of carbonyl (C=O) groups excluding carboxylic acids is 1. The van der Waals surface area contributed by atoms with Crippen LogP contribution >= 0.6 is 0 Å². The molecule has 106 valence electrons. The van der Waals surface area contributed by atoms with Crippen molar-refractivity contribution in [2.24, 2.45) is 0 Å². The van der Waals surface area contributed by atoms with Gasteiger partial charge in [0.15, 0.2) is 5.82 Å². The third-order valence-electron chi connectivity index (χ3n) is 3.13. The summed E-state index contributed by atoms with van der Waals surface area (Å²) >= 11 is 0. The summed E-state index contributed by atoms with van der Waals surface area (Å²) in [5.74, 6) is 1.25. The van der Waals surface area contributed by atoms with Crippen LogP contribution in [0.2, 0.25) is 0 Å². The van der Waals surface area contributed by atoms with Crippen LogP contribution in [0.4, 0.5) is 5.82 Å². The van der Waals surface area contributed by atoms with E-state index in [4.69, 9.17) is 4.74 Å². The summed E-state index contributed by atoms with van der Waals surface area (Å²) in [7, 11) is 0. The van der Waals surface area contributed by atoms with E-state index in [2.05, 4.69) is 15.5 Å². The Morgan fingerprint density at radius 2 is 1.95 bits per heavy atom. The number of H-pyrrole nitrogens is 1. The smallest absolute Gasteiger partial charge is 0.229 e. The normalized spacial score (nSPS) is 10.3. The van der Waals surface area contributed by atoms with Crippen molar-refractivity contribution in [3.63, 3.8) is 0 Å². The van der Waals surface area contributed by atoms with Gasteiger partial charge < -0.3 is 10.1 Å². The van der Waals surface area contributed by atoms with Crippen molar-refractivity contribution >= 4 is 11.7 Å². The van der Waals surface area contributed by atoms with E-state index < -0.39 is 0 Å². The highest BCUT2D eigenvalue weighted by molar-refractivity contribution is 5.90. The van der Waals surface area contributed by atoms with Crippen LogP contribution < -0.4 is 10.1 Å². The molecule has 1 amide bonds. The summed E-state index contributed by atoms with van der Waals surface area (Å²) in [6.07, 6.45) is 0.291. The van der Waals surface area contributed by atoms with Crippen molar-refractivity contribution in [2.75, 3.05) is 11.9 Å². The van der Waals surface area contributed by atoms with Gasteiger partial charge in [0.05, 0.1) is 13.0 Å². The Balaban J connectivity index is 1.78. The molecule has 2 aromatic rings. The highest BCUT2D eigenvalue weighted by Crippen LogP contribution is 2.14. The molecular formula is C15H19N3O2. The fourth-order valence-electron chi connectivity index (χ4n) is 1.70. The topological polar surface area (TPSA) is 67.0 Å². The summed E-state index contributed by atoms with van der Waals surface area (Å²) in [4.78, 5) is 11.8. The zero-order valence-corrected chi connectivity index (χ0v) is 12.0. The molecule has 2 rings (SSSR count). The second-order valence-corrected chi connectivity index (χ2v) is 4.78. The average Bonchev–Trinajstić information content (AvgIpc) is 2.73. The van der Waals surface area contributed by atoms with E-state index in [1.807, 2.05) is 45.0 Å².